The van der Waals surface area contributed by atoms with Crippen molar-refractivity contribution in [3.63, 3.8) is 0 Å². The van der Waals surface area contributed by atoms with Crippen molar-refractivity contribution < 1.29 is 4.79 Å². The Balaban J connectivity index is 1.45. The number of aromatic nitrogens is 4. The van der Waals surface area contributed by atoms with Crippen LogP contribution in [0.25, 0.3) is 10.9 Å². The summed E-state index contributed by atoms with van der Waals surface area (Å²) in [5.74, 6) is 0.942. The number of rotatable bonds is 4. The fourth-order valence-corrected chi connectivity index (χ4v) is 2.69. The summed E-state index contributed by atoms with van der Waals surface area (Å²) in [6.07, 6.45) is 5.21. The maximum absolute atomic E-state index is 12.0. The van der Waals surface area contributed by atoms with E-state index in [1.54, 1.807) is 41.3 Å². The first-order valence-corrected chi connectivity index (χ1v) is 8.13. The molecule has 0 fully saturated rings. The molecular formula is C19H16N6O. The highest BCUT2D eigenvalue weighted by Gasteiger charge is 2.07. The molecule has 0 saturated heterocycles. The molecule has 0 unspecified atom stereocenters. The third kappa shape index (κ3) is 3.51. The van der Waals surface area contributed by atoms with E-state index in [9.17, 15) is 4.79 Å². The van der Waals surface area contributed by atoms with Gasteiger partial charge < -0.3 is 0 Å². The highest BCUT2D eigenvalue weighted by Crippen LogP contribution is 2.17. The molecule has 0 aliphatic heterocycles. The number of fused-ring (bicyclic) bond motifs is 1. The standard InChI is InChI=1S/C19H16N6O/c26-19(22-16-8-1-2-10-20-16)23-17-9-12-25(24-17)13-15-6-3-5-14-7-4-11-21-18(14)15/h1-12H,13H2,(H2,20,22,23,24,26). The summed E-state index contributed by atoms with van der Waals surface area (Å²) in [6.45, 7) is 0.567. The minimum absolute atomic E-state index is 0.388. The van der Waals surface area contributed by atoms with Crippen LogP contribution in [0.1, 0.15) is 5.56 Å². The molecule has 0 bridgehead atoms. The molecule has 2 amide bonds. The second-order valence-electron chi connectivity index (χ2n) is 5.68. The molecule has 0 aliphatic carbocycles. The second kappa shape index (κ2) is 7.02. The minimum atomic E-state index is -0.388. The van der Waals surface area contributed by atoms with E-state index < -0.39 is 0 Å². The Bertz CT molecular complexity index is 1040. The van der Waals surface area contributed by atoms with Crippen molar-refractivity contribution in [2.45, 2.75) is 6.54 Å². The maximum Gasteiger partial charge on any atom is 0.326 e. The van der Waals surface area contributed by atoms with Crippen LogP contribution >= 0.6 is 0 Å². The van der Waals surface area contributed by atoms with Crippen molar-refractivity contribution in [1.82, 2.24) is 19.7 Å². The predicted octanol–water partition coefficient (Wildman–Crippen LogP) is 3.52. The van der Waals surface area contributed by atoms with E-state index in [2.05, 4.69) is 25.7 Å². The number of amides is 2. The lowest BCUT2D eigenvalue weighted by Gasteiger charge is -2.06. The first-order valence-electron chi connectivity index (χ1n) is 8.13. The van der Waals surface area contributed by atoms with E-state index in [-0.39, 0.29) is 6.03 Å². The summed E-state index contributed by atoms with van der Waals surface area (Å²) in [7, 11) is 0. The quantitative estimate of drug-likeness (QED) is 0.593. The number of carbonyl (C=O) groups excluding carboxylic acids is 1. The first kappa shape index (κ1) is 15.8. The third-order valence-corrected chi connectivity index (χ3v) is 3.84. The maximum atomic E-state index is 12.0. The van der Waals surface area contributed by atoms with Gasteiger partial charge in [-0.15, -0.1) is 0 Å². The molecule has 2 N–H and O–H groups in total. The second-order valence-corrected chi connectivity index (χ2v) is 5.68. The van der Waals surface area contributed by atoms with Gasteiger partial charge in [0.25, 0.3) is 0 Å². The van der Waals surface area contributed by atoms with Crippen LogP contribution in [-0.4, -0.2) is 25.8 Å². The summed E-state index contributed by atoms with van der Waals surface area (Å²) in [5, 5.41) is 10.8. The molecule has 1 aromatic carbocycles. The van der Waals surface area contributed by atoms with E-state index in [1.807, 2.05) is 36.5 Å². The average molecular weight is 344 g/mol. The van der Waals surface area contributed by atoms with Crippen LogP contribution in [0.15, 0.2) is 73.2 Å². The molecule has 26 heavy (non-hydrogen) atoms. The SMILES string of the molecule is O=C(Nc1ccccn1)Nc1ccn(Cc2cccc3cccnc23)n1. The van der Waals surface area contributed by atoms with Crippen LogP contribution in [0.4, 0.5) is 16.4 Å². The van der Waals surface area contributed by atoms with Crippen LogP contribution in [0.3, 0.4) is 0 Å². The highest BCUT2D eigenvalue weighted by atomic mass is 16.2. The number of hydrogen-bond acceptors (Lipinski definition) is 4. The Hall–Kier alpha value is -3.74. The van der Waals surface area contributed by atoms with E-state index in [0.717, 1.165) is 16.5 Å². The van der Waals surface area contributed by atoms with Gasteiger partial charge in [0.1, 0.15) is 5.82 Å². The van der Waals surface area contributed by atoms with Gasteiger partial charge in [-0.3, -0.25) is 20.3 Å². The van der Waals surface area contributed by atoms with Gasteiger partial charge in [0, 0.05) is 30.0 Å². The number of anilines is 2. The average Bonchev–Trinajstić information content (AvgIpc) is 3.09. The smallest absolute Gasteiger partial charge is 0.292 e. The van der Waals surface area contributed by atoms with Crippen molar-refractivity contribution in [3.8, 4) is 0 Å². The normalized spacial score (nSPS) is 10.6. The zero-order chi connectivity index (χ0) is 17.8. The first-order chi connectivity index (χ1) is 12.8. The van der Waals surface area contributed by atoms with E-state index in [1.165, 1.54) is 0 Å². The topological polar surface area (TPSA) is 84.7 Å². The fraction of sp³-hybridized carbons (Fsp3) is 0.0526. The number of para-hydroxylation sites is 1. The molecule has 7 nitrogen and oxygen atoms in total. The monoisotopic (exact) mass is 344 g/mol. The molecule has 4 rings (SSSR count). The number of hydrogen-bond donors (Lipinski definition) is 2. The van der Waals surface area contributed by atoms with Gasteiger partial charge >= 0.3 is 6.03 Å². The predicted molar refractivity (Wildman–Crippen MR) is 100.0 cm³/mol. The van der Waals surface area contributed by atoms with Crippen molar-refractivity contribution in [3.05, 3.63) is 78.8 Å². The molecule has 0 aliphatic rings. The van der Waals surface area contributed by atoms with Gasteiger partial charge in [-0.1, -0.05) is 30.3 Å². The molecule has 3 heterocycles. The Morgan fingerprint density at radius 3 is 2.62 bits per heavy atom. The molecule has 0 saturated carbocycles. The number of benzene rings is 1. The lowest BCUT2D eigenvalue weighted by atomic mass is 10.1. The summed E-state index contributed by atoms with van der Waals surface area (Å²) in [5.41, 5.74) is 2.02. The molecule has 7 heteroatoms. The van der Waals surface area contributed by atoms with Crippen LogP contribution < -0.4 is 10.6 Å². The van der Waals surface area contributed by atoms with Crippen molar-refractivity contribution in [2.24, 2.45) is 0 Å². The zero-order valence-electron chi connectivity index (χ0n) is 13.8. The Labute approximate surface area is 149 Å². The van der Waals surface area contributed by atoms with Crippen molar-refractivity contribution >= 4 is 28.6 Å². The fourth-order valence-electron chi connectivity index (χ4n) is 2.69. The summed E-state index contributed by atoms with van der Waals surface area (Å²) < 4.78 is 1.76. The van der Waals surface area contributed by atoms with Gasteiger partial charge in [0.2, 0.25) is 0 Å². The van der Waals surface area contributed by atoms with Gasteiger partial charge in [-0.2, -0.15) is 5.10 Å². The number of nitrogens with one attached hydrogen (secondary N) is 2. The lowest BCUT2D eigenvalue weighted by Crippen LogP contribution is -2.20. The van der Waals surface area contributed by atoms with Crippen LogP contribution in [0.2, 0.25) is 0 Å². The van der Waals surface area contributed by atoms with Crippen LogP contribution in [-0.2, 0) is 6.54 Å². The van der Waals surface area contributed by atoms with Gasteiger partial charge in [-0.05, 0) is 23.8 Å². The minimum Gasteiger partial charge on any atom is -0.292 e. The Morgan fingerprint density at radius 1 is 0.885 bits per heavy atom. The summed E-state index contributed by atoms with van der Waals surface area (Å²) >= 11 is 0. The van der Waals surface area contributed by atoms with E-state index >= 15 is 0 Å². The van der Waals surface area contributed by atoms with Gasteiger partial charge in [0.05, 0.1) is 12.1 Å². The Kier molecular flexibility index (Phi) is 4.26. The van der Waals surface area contributed by atoms with Gasteiger partial charge in [-0.25, -0.2) is 9.78 Å². The molecular weight excluding hydrogens is 328 g/mol. The van der Waals surface area contributed by atoms with Crippen molar-refractivity contribution in [2.75, 3.05) is 10.6 Å². The summed E-state index contributed by atoms with van der Waals surface area (Å²) in [4.78, 5) is 20.5. The molecule has 4 aromatic rings. The molecule has 0 spiro atoms. The van der Waals surface area contributed by atoms with Crippen LogP contribution in [0, 0.1) is 0 Å². The highest BCUT2D eigenvalue weighted by molar-refractivity contribution is 5.98. The zero-order valence-corrected chi connectivity index (χ0v) is 13.8. The molecule has 0 atom stereocenters. The molecule has 0 radical (unpaired) electrons. The number of nitrogens with zero attached hydrogens (tertiary/aromatic N) is 4. The summed E-state index contributed by atoms with van der Waals surface area (Å²) in [6, 6.07) is 16.7. The lowest BCUT2D eigenvalue weighted by molar-refractivity contribution is 0.262. The number of urea groups is 1. The molecule has 3 aromatic heterocycles. The van der Waals surface area contributed by atoms with Crippen LogP contribution in [0.5, 0.6) is 0 Å². The number of pyridine rings is 2. The van der Waals surface area contributed by atoms with Crippen molar-refractivity contribution in [1.29, 1.82) is 0 Å². The number of carbonyl (C=O) groups is 1. The Morgan fingerprint density at radius 2 is 1.73 bits per heavy atom. The molecule has 128 valence electrons. The van der Waals surface area contributed by atoms with E-state index in [0.29, 0.717) is 18.2 Å². The van der Waals surface area contributed by atoms with Gasteiger partial charge in [0.15, 0.2) is 5.82 Å². The largest absolute Gasteiger partial charge is 0.326 e. The third-order valence-electron chi connectivity index (χ3n) is 3.84. The van der Waals surface area contributed by atoms with E-state index in [4.69, 9.17) is 0 Å².